The average Bonchev–Trinajstić information content (AvgIpc) is 2.49. The SMILES string of the molecule is ClC/C=C/CNC(c1ccccc1)c1ccccc1. The quantitative estimate of drug-likeness (QED) is 0.614. The van der Waals surface area contributed by atoms with E-state index in [9.17, 15) is 0 Å². The molecule has 19 heavy (non-hydrogen) atoms. The summed E-state index contributed by atoms with van der Waals surface area (Å²) in [5.41, 5.74) is 2.54. The van der Waals surface area contributed by atoms with Gasteiger partial charge in [-0.1, -0.05) is 72.8 Å². The second-order valence-electron chi connectivity index (χ2n) is 4.29. The molecule has 0 radical (unpaired) electrons. The molecule has 1 N–H and O–H groups in total. The van der Waals surface area contributed by atoms with E-state index >= 15 is 0 Å². The summed E-state index contributed by atoms with van der Waals surface area (Å²) in [5, 5.41) is 3.54. The van der Waals surface area contributed by atoms with E-state index in [4.69, 9.17) is 11.6 Å². The van der Waals surface area contributed by atoms with Crippen LogP contribution >= 0.6 is 11.6 Å². The Morgan fingerprint density at radius 3 is 1.84 bits per heavy atom. The van der Waals surface area contributed by atoms with Crippen LogP contribution in [0.4, 0.5) is 0 Å². The molecular formula is C17H18ClN. The van der Waals surface area contributed by atoms with E-state index in [1.165, 1.54) is 11.1 Å². The predicted molar refractivity (Wildman–Crippen MR) is 82.6 cm³/mol. The number of allylic oxidation sites excluding steroid dienone is 1. The van der Waals surface area contributed by atoms with Gasteiger partial charge in [0.2, 0.25) is 0 Å². The third-order valence-corrected chi connectivity index (χ3v) is 3.14. The Kier molecular flexibility index (Phi) is 5.67. The van der Waals surface area contributed by atoms with E-state index in [2.05, 4.69) is 59.9 Å². The first-order valence-corrected chi connectivity index (χ1v) is 6.99. The van der Waals surface area contributed by atoms with Crippen molar-refractivity contribution in [3.63, 3.8) is 0 Å². The van der Waals surface area contributed by atoms with Crippen molar-refractivity contribution in [1.82, 2.24) is 5.32 Å². The molecule has 2 aromatic carbocycles. The van der Waals surface area contributed by atoms with E-state index < -0.39 is 0 Å². The van der Waals surface area contributed by atoms with Crippen LogP contribution in [0.25, 0.3) is 0 Å². The van der Waals surface area contributed by atoms with Gasteiger partial charge in [0, 0.05) is 12.4 Å². The van der Waals surface area contributed by atoms with Gasteiger partial charge in [0.25, 0.3) is 0 Å². The lowest BCUT2D eigenvalue weighted by Gasteiger charge is -2.19. The molecule has 0 atom stereocenters. The molecule has 0 heterocycles. The smallest absolute Gasteiger partial charge is 0.0579 e. The fourth-order valence-corrected chi connectivity index (χ4v) is 2.18. The Hall–Kier alpha value is -1.57. The van der Waals surface area contributed by atoms with Crippen LogP contribution in [0.2, 0.25) is 0 Å². The summed E-state index contributed by atoms with van der Waals surface area (Å²) < 4.78 is 0. The minimum absolute atomic E-state index is 0.211. The highest BCUT2D eigenvalue weighted by Crippen LogP contribution is 2.21. The number of alkyl halides is 1. The third-order valence-electron chi connectivity index (χ3n) is 2.96. The minimum Gasteiger partial charge on any atom is -0.303 e. The van der Waals surface area contributed by atoms with Gasteiger partial charge in [-0.05, 0) is 11.1 Å². The van der Waals surface area contributed by atoms with Crippen LogP contribution in [0.5, 0.6) is 0 Å². The Balaban J connectivity index is 2.17. The van der Waals surface area contributed by atoms with Crippen molar-refractivity contribution < 1.29 is 0 Å². The van der Waals surface area contributed by atoms with Gasteiger partial charge in [0.1, 0.15) is 0 Å². The maximum absolute atomic E-state index is 5.64. The van der Waals surface area contributed by atoms with Gasteiger partial charge < -0.3 is 5.32 Å². The van der Waals surface area contributed by atoms with Crippen LogP contribution in [-0.2, 0) is 0 Å². The number of hydrogen-bond donors (Lipinski definition) is 1. The molecule has 0 spiro atoms. The lowest BCUT2D eigenvalue weighted by atomic mass is 9.99. The van der Waals surface area contributed by atoms with Crippen LogP contribution in [0.1, 0.15) is 17.2 Å². The fraction of sp³-hybridized carbons (Fsp3) is 0.176. The highest BCUT2D eigenvalue weighted by molar-refractivity contribution is 6.18. The molecule has 0 fully saturated rings. The first-order valence-electron chi connectivity index (χ1n) is 6.46. The highest BCUT2D eigenvalue weighted by atomic mass is 35.5. The summed E-state index contributed by atoms with van der Waals surface area (Å²) in [5.74, 6) is 0.559. The van der Waals surface area contributed by atoms with Gasteiger partial charge in [-0.2, -0.15) is 0 Å². The normalized spacial score (nSPS) is 11.3. The lowest BCUT2D eigenvalue weighted by Crippen LogP contribution is -2.22. The zero-order valence-corrected chi connectivity index (χ0v) is 11.6. The number of rotatable bonds is 6. The summed E-state index contributed by atoms with van der Waals surface area (Å²) in [6.07, 6.45) is 4.02. The molecule has 2 aromatic rings. The standard InChI is InChI=1S/C17H18ClN/c18-13-7-8-14-19-17(15-9-3-1-4-10-15)16-11-5-2-6-12-16/h1-12,17,19H,13-14H2/b8-7+. The highest BCUT2D eigenvalue weighted by Gasteiger charge is 2.11. The van der Waals surface area contributed by atoms with E-state index in [1.54, 1.807) is 0 Å². The van der Waals surface area contributed by atoms with Crippen molar-refractivity contribution in [3.05, 3.63) is 83.9 Å². The number of benzene rings is 2. The molecule has 0 saturated carbocycles. The first kappa shape index (κ1) is 13.9. The Bertz CT molecular complexity index is 454. The van der Waals surface area contributed by atoms with Crippen molar-refractivity contribution in [2.24, 2.45) is 0 Å². The van der Waals surface area contributed by atoms with Gasteiger partial charge >= 0.3 is 0 Å². The molecule has 0 aliphatic carbocycles. The molecule has 0 aliphatic rings. The van der Waals surface area contributed by atoms with Gasteiger partial charge in [-0.25, -0.2) is 0 Å². The Labute approximate surface area is 119 Å². The maximum atomic E-state index is 5.64. The minimum atomic E-state index is 0.211. The second-order valence-corrected chi connectivity index (χ2v) is 4.60. The molecule has 0 saturated heterocycles. The summed E-state index contributed by atoms with van der Waals surface area (Å²) >= 11 is 5.64. The number of nitrogens with one attached hydrogen (secondary N) is 1. The van der Waals surface area contributed by atoms with Crippen LogP contribution < -0.4 is 5.32 Å². The molecular weight excluding hydrogens is 254 g/mol. The van der Waals surface area contributed by atoms with E-state index in [-0.39, 0.29) is 6.04 Å². The molecule has 98 valence electrons. The Morgan fingerprint density at radius 2 is 1.37 bits per heavy atom. The van der Waals surface area contributed by atoms with Crippen LogP contribution in [0.3, 0.4) is 0 Å². The lowest BCUT2D eigenvalue weighted by molar-refractivity contribution is 0.652. The molecule has 0 aliphatic heterocycles. The molecule has 2 heteroatoms. The largest absolute Gasteiger partial charge is 0.303 e. The van der Waals surface area contributed by atoms with Gasteiger partial charge in [-0.3, -0.25) is 0 Å². The number of hydrogen-bond acceptors (Lipinski definition) is 1. The first-order chi connectivity index (χ1) is 9.42. The molecule has 0 aromatic heterocycles. The molecule has 0 unspecified atom stereocenters. The molecule has 1 nitrogen and oxygen atoms in total. The van der Waals surface area contributed by atoms with Crippen molar-refractivity contribution in [3.8, 4) is 0 Å². The van der Waals surface area contributed by atoms with Crippen molar-refractivity contribution in [1.29, 1.82) is 0 Å². The topological polar surface area (TPSA) is 12.0 Å². The molecule has 2 rings (SSSR count). The maximum Gasteiger partial charge on any atom is 0.0579 e. The monoisotopic (exact) mass is 271 g/mol. The van der Waals surface area contributed by atoms with E-state index in [1.807, 2.05) is 18.2 Å². The van der Waals surface area contributed by atoms with Gasteiger partial charge in [-0.15, -0.1) is 11.6 Å². The van der Waals surface area contributed by atoms with Crippen molar-refractivity contribution >= 4 is 11.6 Å². The Morgan fingerprint density at radius 1 is 0.842 bits per heavy atom. The zero-order valence-electron chi connectivity index (χ0n) is 10.8. The van der Waals surface area contributed by atoms with Gasteiger partial charge in [0.05, 0.1) is 6.04 Å². The average molecular weight is 272 g/mol. The van der Waals surface area contributed by atoms with Crippen molar-refractivity contribution in [2.45, 2.75) is 6.04 Å². The number of halogens is 1. The predicted octanol–water partition coefficient (Wildman–Crippen LogP) is 4.16. The summed E-state index contributed by atoms with van der Waals surface area (Å²) in [6.45, 7) is 0.807. The van der Waals surface area contributed by atoms with Crippen molar-refractivity contribution in [2.75, 3.05) is 12.4 Å². The van der Waals surface area contributed by atoms with Crippen LogP contribution in [0.15, 0.2) is 72.8 Å². The summed E-state index contributed by atoms with van der Waals surface area (Å²) in [6, 6.07) is 21.2. The fourth-order valence-electron chi connectivity index (χ4n) is 2.05. The molecule has 0 amide bonds. The van der Waals surface area contributed by atoms with Crippen LogP contribution in [-0.4, -0.2) is 12.4 Å². The summed E-state index contributed by atoms with van der Waals surface area (Å²) in [7, 11) is 0. The zero-order chi connectivity index (χ0) is 13.3. The van der Waals surface area contributed by atoms with Gasteiger partial charge in [0.15, 0.2) is 0 Å². The van der Waals surface area contributed by atoms with Crippen LogP contribution in [0, 0.1) is 0 Å². The summed E-state index contributed by atoms with van der Waals surface area (Å²) in [4.78, 5) is 0. The van der Waals surface area contributed by atoms with E-state index in [0.717, 1.165) is 6.54 Å². The van der Waals surface area contributed by atoms with E-state index in [0.29, 0.717) is 5.88 Å². The third kappa shape index (κ3) is 4.23. The molecule has 0 bridgehead atoms. The second kappa shape index (κ2) is 7.78.